The van der Waals surface area contributed by atoms with E-state index in [1.54, 1.807) is 6.07 Å². The zero-order valence-electron chi connectivity index (χ0n) is 13.0. The average molecular weight is 289 g/mol. The minimum absolute atomic E-state index is 0.0235. The van der Waals surface area contributed by atoms with E-state index >= 15 is 0 Å². The Balaban J connectivity index is 1.53. The van der Waals surface area contributed by atoms with Crippen molar-refractivity contribution in [2.45, 2.75) is 57.0 Å². The van der Waals surface area contributed by atoms with Crippen LogP contribution < -0.4 is 10.9 Å². The molecule has 3 rings (SSSR count). The van der Waals surface area contributed by atoms with E-state index in [1.807, 2.05) is 6.07 Å². The molecule has 4 nitrogen and oxygen atoms in total. The van der Waals surface area contributed by atoms with Gasteiger partial charge in [-0.05, 0) is 44.7 Å². The number of H-pyrrole nitrogens is 1. The Hall–Kier alpha value is -1.13. The van der Waals surface area contributed by atoms with E-state index in [9.17, 15) is 4.79 Å². The van der Waals surface area contributed by atoms with Crippen LogP contribution in [0.1, 0.15) is 55.8 Å². The van der Waals surface area contributed by atoms with Crippen LogP contribution in [0.4, 0.5) is 0 Å². The molecule has 1 unspecified atom stereocenters. The predicted molar refractivity (Wildman–Crippen MR) is 85.6 cm³/mol. The number of rotatable bonds is 5. The minimum Gasteiger partial charge on any atom is -0.326 e. The molecule has 1 aromatic heterocycles. The molecular formula is C17H27N3O. The molecule has 0 radical (unpaired) electrons. The number of aromatic amines is 1. The molecule has 0 amide bonds. The lowest BCUT2D eigenvalue weighted by atomic mass is 9.91. The maximum atomic E-state index is 11.4. The first-order valence-corrected chi connectivity index (χ1v) is 8.40. The molecule has 0 aliphatic heterocycles. The highest BCUT2D eigenvalue weighted by molar-refractivity contribution is 5.26. The van der Waals surface area contributed by atoms with Gasteiger partial charge in [0, 0.05) is 36.9 Å². The Bertz CT molecular complexity index is 519. The minimum atomic E-state index is 0.0235. The molecule has 0 aromatic carbocycles. The van der Waals surface area contributed by atoms with E-state index < -0.39 is 0 Å². The third-order valence-corrected chi connectivity index (χ3v) is 5.14. The summed E-state index contributed by atoms with van der Waals surface area (Å²) in [5.74, 6) is 0. The highest BCUT2D eigenvalue weighted by Gasteiger charge is 2.22. The normalized spacial score (nSPS) is 22.7. The van der Waals surface area contributed by atoms with E-state index in [1.165, 1.54) is 37.7 Å². The van der Waals surface area contributed by atoms with Gasteiger partial charge in [-0.15, -0.1) is 0 Å². The van der Waals surface area contributed by atoms with Crippen molar-refractivity contribution in [2.24, 2.45) is 0 Å². The van der Waals surface area contributed by atoms with Crippen molar-refractivity contribution < 1.29 is 0 Å². The van der Waals surface area contributed by atoms with Crippen molar-refractivity contribution in [1.82, 2.24) is 15.2 Å². The highest BCUT2D eigenvalue weighted by atomic mass is 16.1. The molecule has 116 valence electrons. The fraction of sp³-hybridized carbons (Fsp3) is 0.706. The number of nitrogens with zero attached hydrogens (tertiary/aromatic N) is 1. The van der Waals surface area contributed by atoms with Gasteiger partial charge in [-0.25, -0.2) is 0 Å². The second-order valence-electron chi connectivity index (χ2n) is 6.57. The van der Waals surface area contributed by atoms with Gasteiger partial charge in [-0.3, -0.25) is 4.79 Å². The van der Waals surface area contributed by atoms with Crippen molar-refractivity contribution >= 4 is 0 Å². The molecule has 0 spiro atoms. The summed E-state index contributed by atoms with van der Waals surface area (Å²) in [7, 11) is 2.25. The Morgan fingerprint density at radius 2 is 2.05 bits per heavy atom. The summed E-state index contributed by atoms with van der Waals surface area (Å²) in [5.41, 5.74) is 2.45. The largest absolute Gasteiger partial charge is 0.326 e. The molecule has 0 saturated heterocycles. The molecule has 0 bridgehead atoms. The fourth-order valence-electron chi connectivity index (χ4n) is 3.86. The second kappa shape index (κ2) is 6.75. The Morgan fingerprint density at radius 3 is 2.86 bits per heavy atom. The van der Waals surface area contributed by atoms with Crippen molar-refractivity contribution in [1.29, 1.82) is 0 Å². The van der Waals surface area contributed by atoms with Crippen LogP contribution in [-0.4, -0.2) is 36.1 Å². The summed E-state index contributed by atoms with van der Waals surface area (Å²) in [6, 6.07) is 4.86. The molecule has 1 aromatic rings. The summed E-state index contributed by atoms with van der Waals surface area (Å²) >= 11 is 0. The van der Waals surface area contributed by atoms with E-state index in [-0.39, 0.29) is 5.56 Å². The lowest BCUT2D eigenvalue weighted by Gasteiger charge is -2.28. The van der Waals surface area contributed by atoms with E-state index in [0.717, 1.165) is 37.7 Å². The molecule has 21 heavy (non-hydrogen) atoms. The van der Waals surface area contributed by atoms with Gasteiger partial charge in [0.05, 0.1) is 0 Å². The third-order valence-electron chi connectivity index (χ3n) is 5.14. The lowest BCUT2D eigenvalue weighted by molar-refractivity contribution is 0.240. The topological polar surface area (TPSA) is 48.1 Å². The van der Waals surface area contributed by atoms with Crippen molar-refractivity contribution in [2.75, 3.05) is 20.1 Å². The van der Waals surface area contributed by atoms with Crippen LogP contribution in [0.5, 0.6) is 0 Å². The molecule has 2 aliphatic carbocycles. The zero-order chi connectivity index (χ0) is 14.7. The average Bonchev–Trinajstić information content (AvgIpc) is 3.01. The monoisotopic (exact) mass is 289 g/mol. The first-order valence-electron chi connectivity index (χ1n) is 8.40. The van der Waals surface area contributed by atoms with Gasteiger partial charge in [0.2, 0.25) is 5.56 Å². The van der Waals surface area contributed by atoms with Gasteiger partial charge in [-0.1, -0.05) is 18.9 Å². The first kappa shape index (κ1) is 14.8. The van der Waals surface area contributed by atoms with Gasteiger partial charge in [0.1, 0.15) is 0 Å². The SMILES string of the molecule is CN(CCNC1CCCc2[nH]c(=O)ccc21)C1CCCC1. The summed E-state index contributed by atoms with van der Waals surface area (Å²) in [6.07, 6.45) is 8.85. The van der Waals surface area contributed by atoms with Crippen molar-refractivity contribution in [3.8, 4) is 0 Å². The van der Waals surface area contributed by atoms with Crippen LogP contribution in [-0.2, 0) is 6.42 Å². The first-order chi connectivity index (χ1) is 10.2. The van der Waals surface area contributed by atoms with Gasteiger partial charge in [0.25, 0.3) is 0 Å². The molecule has 1 atom stereocenters. The number of likely N-dealkylation sites (N-methyl/N-ethyl adjacent to an activating group) is 1. The van der Waals surface area contributed by atoms with Crippen LogP contribution in [0.3, 0.4) is 0 Å². The smallest absolute Gasteiger partial charge is 0.248 e. The van der Waals surface area contributed by atoms with E-state index in [0.29, 0.717) is 6.04 Å². The summed E-state index contributed by atoms with van der Waals surface area (Å²) < 4.78 is 0. The van der Waals surface area contributed by atoms with Gasteiger partial charge in [0.15, 0.2) is 0 Å². The maximum absolute atomic E-state index is 11.4. The third kappa shape index (κ3) is 3.55. The number of pyridine rings is 1. The van der Waals surface area contributed by atoms with E-state index in [4.69, 9.17) is 0 Å². The van der Waals surface area contributed by atoms with Crippen LogP contribution in [0.15, 0.2) is 16.9 Å². The number of nitrogens with one attached hydrogen (secondary N) is 2. The number of hydrogen-bond acceptors (Lipinski definition) is 3. The summed E-state index contributed by atoms with van der Waals surface area (Å²) in [5, 5.41) is 3.69. The molecule has 2 N–H and O–H groups in total. The molecule has 2 aliphatic rings. The summed E-state index contributed by atoms with van der Waals surface area (Å²) in [4.78, 5) is 16.9. The summed E-state index contributed by atoms with van der Waals surface area (Å²) in [6.45, 7) is 2.14. The quantitative estimate of drug-likeness (QED) is 0.874. The lowest BCUT2D eigenvalue weighted by Crippen LogP contribution is -2.37. The van der Waals surface area contributed by atoms with Crippen molar-refractivity contribution in [3.05, 3.63) is 33.7 Å². The number of aryl methyl sites for hydroxylation is 1. The predicted octanol–water partition coefficient (Wildman–Crippen LogP) is 2.22. The second-order valence-corrected chi connectivity index (χ2v) is 6.57. The number of aromatic nitrogens is 1. The number of fused-ring (bicyclic) bond motifs is 1. The highest BCUT2D eigenvalue weighted by Crippen LogP contribution is 2.27. The van der Waals surface area contributed by atoms with Crippen molar-refractivity contribution in [3.63, 3.8) is 0 Å². The molecule has 1 fully saturated rings. The van der Waals surface area contributed by atoms with Gasteiger partial charge < -0.3 is 15.2 Å². The van der Waals surface area contributed by atoms with Crippen LogP contribution in [0.25, 0.3) is 0 Å². The fourth-order valence-corrected chi connectivity index (χ4v) is 3.86. The van der Waals surface area contributed by atoms with Gasteiger partial charge >= 0.3 is 0 Å². The standard InChI is InChI=1S/C17H27N3O/c1-20(13-5-2-3-6-13)12-11-18-15-7-4-8-16-14(15)9-10-17(21)19-16/h9-10,13,15,18H,2-8,11-12H2,1H3,(H,19,21). The molecule has 1 saturated carbocycles. The Morgan fingerprint density at radius 1 is 1.24 bits per heavy atom. The molecule has 1 heterocycles. The number of hydrogen-bond donors (Lipinski definition) is 2. The van der Waals surface area contributed by atoms with Gasteiger partial charge in [-0.2, -0.15) is 0 Å². The molecular weight excluding hydrogens is 262 g/mol. The molecule has 4 heteroatoms. The Labute approximate surface area is 126 Å². The zero-order valence-corrected chi connectivity index (χ0v) is 13.0. The van der Waals surface area contributed by atoms with Crippen LogP contribution >= 0.6 is 0 Å². The van der Waals surface area contributed by atoms with Crippen LogP contribution in [0, 0.1) is 0 Å². The van der Waals surface area contributed by atoms with Crippen LogP contribution in [0.2, 0.25) is 0 Å². The Kier molecular flexibility index (Phi) is 4.76. The van der Waals surface area contributed by atoms with E-state index in [2.05, 4.69) is 22.2 Å². The maximum Gasteiger partial charge on any atom is 0.248 e.